The summed E-state index contributed by atoms with van der Waals surface area (Å²) in [4.78, 5) is 0. The van der Waals surface area contributed by atoms with Crippen molar-refractivity contribution < 1.29 is 0 Å². The topological polar surface area (TPSA) is 38.0 Å². The first-order valence-electron chi connectivity index (χ1n) is 7.28. The van der Waals surface area contributed by atoms with Crippen LogP contribution in [0.2, 0.25) is 0 Å². The van der Waals surface area contributed by atoms with E-state index in [1.165, 1.54) is 11.1 Å². The summed E-state index contributed by atoms with van der Waals surface area (Å²) >= 11 is 0. The molecule has 0 spiro atoms. The minimum Gasteiger partial charge on any atom is -0.381 e. The highest BCUT2D eigenvalue weighted by atomic mass is 14.9. The van der Waals surface area contributed by atoms with E-state index in [0.717, 1.165) is 18.7 Å². The lowest BCUT2D eigenvalue weighted by Gasteiger charge is -2.15. The third kappa shape index (κ3) is 4.39. The van der Waals surface area contributed by atoms with E-state index in [-0.39, 0.29) is 6.04 Å². The second kappa shape index (κ2) is 7.11. The van der Waals surface area contributed by atoms with Crippen LogP contribution in [0.5, 0.6) is 0 Å². The number of nitrogens with two attached hydrogens (primary N) is 1. The third-order valence-electron chi connectivity index (χ3n) is 3.40. The molecule has 0 fully saturated rings. The predicted molar refractivity (Wildman–Crippen MR) is 86.6 cm³/mol. The van der Waals surface area contributed by atoms with Crippen molar-refractivity contribution in [2.24, 2.45) is 11.7 Å². The molecule has 0 amide bonds. The van der Waals surface area contributed by atoms with Crippen molar-refractivity contribution in [3.8, 4) is 0 Å². The van der Waals surface area contributed by atoms with E-state index in [1.807, 2.05) is 6.07 Å². The van der Waals surface area contributed by atoms with Gasteiger partial charge < -0.3 is 11.1 Å². The van der Waals surface area contributed by atoms with Gasteiger partial charge in [0.1, 0.15) is 0 Å². The van der Waals surface area contributed by atoms with E-state index < -0.39 is 0 Å². The lowest BCUT2D eigenvalue weighted by molar-refractivity contribution is 0.510. The van der Waals surface area contributed by atoms with Crippen LogP contribution in [-0.2, 0) is 6.54 Å². The van der Waals surface area contributed by atoms with Gasteiger partial charge in [0.2, 0.25) is 0 Å². The summed E-state index contributed by atoms with van der Waals surface area (Å²) in [6.45, 7) is 5.25. The van der Waals surface area contributed by atoms with Gasteiger partial charge >= 0.3 is 0 Å². The zero-order valence-corrected chi connectivity index (χ0v) is 12.3. The molecule has 2 aromatic carbocycles. The molecule has 0 radical (unpaired) electrons. The van der Waals surface area contributed by atoms with Crippen molar-refractivity contribution in [3.63, 3.8) is 0 Å². The maximum absolute atomic E-state index is 6.19. The lowest BCUT2D eigenvalue weighted by Crippen LogP contribution is -2.12. The molecular formula is C18H24N2. The molecule has 2 rings (SSSR count). The fourth-order valence-electron chi connectivity index (χ4n) is 2.29. The number of anilines is 1. The summed E-state index contributed by atoms with van der Waals surface area (Å²) in [5, 5.41) is 3.43. The highest BCUT2D eigenvalue weighted by Gasteiger charge is 2.07. The highest BCUT2D eigenvalue weighted by molar-refractivity contribution is 5.45. The monoisotopic (exact) mass is 268 g/mol. The van der Waals surface area contributed by atoms with Crippen molar-refractivity contribution in [1.82, 2.24) is 0 Å². The van der Waals surface area contributed by atoms with Gasteiger partial charge in [-0.15, -0.1) is 0 Å². The second-order valence-electron chi connectivity index (χ2n) is 5.70. The number of hydrogen-bond acceptors (Lipinski definition) is 2. The maximum Gasteiger partial charge on any atom is 0.0400 e. The van der Waals surface area contributed by atoms with Crippen LogP contribution in [0, 0.1) is 5.92 Å². The van der Waals surface area contributed by atoms with Gasteiger partial charge in [-0.3, -0.25) is 0 Å². The maximum atomic E-state index is 6.19. The molecular weight excluding hydrogens is 244 g/mol. The first-order valence-corrected chi connectivity index (χ1v) is 7.28. The molecule has 0 unspecified atom stereocenters. The Labute approximate surface area is 122 Å². The molecule has 0 saturated heterocycles. The number of hydrogen-bond donors (Lipinski definition) is 2. The quantitative estimate of drug-likeness (QED) is 0.817. The van der Waals surface area contributed by atoms with Crippen molar-refractivity contribution in [3.05, 3.63) is 65.7 Å². The zero-order chi connectivity index (χ0) is 14.4. The van der Waals surface area contributed by atoms with Gasteiger partial charge in [0.25, 0.3) is 0 Å². The van der Waals surface area contributed by atoms with E-state index >= 15 is 0 Å². The van der Waals surface area contributed by atoms with Crippen molar-refractivity contribution in [2.75, 3.05) is 5.32 Å². The molecule has 3 N–H and O–H groups in total. The van der Waals surface area contributed by atoms with E-state index in [4.69, 9.17) is 5.73 Å². The Hall–Kier alpha value is -1.80. The highest BCUT2D eigenvalue weighted by Crippen LogP contribution is 2.20. The SMILES string of the molecule is CC(C)C[C@H](N)c1ccc(NCc2ccccc2)cc1. The Balaban J connectivity index is 1.91. The Morgan fingerprint density at radius 3 is 2.20 bits per heavy atom. The Bertz CT molecular complexity index is 503. The molecule has 2 nitrogen and oxygen atoms in total. The molecule has 0 saturated carbocycles. The molecule has 0 aliphatic rings. The average Bonchev–Trinajstić information content (AvgIpc) is 2.46. The first kappa shape index (κ1) is 14.6. The van der Waals surface area contributed by atoms with Crippen LogP contribution in [-0.4, -0.2) is 0 Å². The predicted octanol–water partition coefficient (Wildman–Crippen LogP) is 4.34. The molecule has 20 heavy (non-hydrogen) atoms. The Kier molecular flexibility index (Phi) is 5.19. The first-order chi connectivity index (χ1) is 9.65. The van der Waals surface area contributed by atoms with Crippen LogP contribution in [0.1, 0.15) is 37.4 Å². The molecule has 0 aromatic heterocycles. The van der Waals surface area contributed by atoms with Gasteiger partial charge in [0.15, 0.2) is 0 Å². The number of nitrogens with one attached hydrogen (secondary N) is 1. The average molecular weight is 268 g/mol. The summed E-state index contributed by atoms with van der Waals surface area (Å²) < 4.78 is 0. The minimum absolute atomic E-state index is 0.137. The lowest BCUT2D eigenvalue weighted by atomic mass is 9.98. The molecule has 2 aromatic rings. The van der Waals surface area contributed by atoms with E-state index in [2.05, 4.69) is 67.7 Å². The van der Waals surface area contributed by atoms with Gasteiger partial charge in [-0.05, 0) is 35.6 Å². The molecule has 0 aliphatic carbocycles. The summed E-state index contributed by atoms with van der Waals surface area (Å²) in [6, 6.07) is 19.0. The molecule has 0 bridgehead atoms. The summed E-state index contributed by atoms with van der Waals surface area (Å²) in [6.07, 6.45) is 1.02. The van der Waals surface area contributed by atoms with Crippen LogP contribution in [0.4, 0.5) is 5.69 Å². The minimum atomic E-state index is 0.137. The third-order valence-corrected chi connectivity index (χ3v) is 3.40. The zero-order valence-electron chi connectivity index (χ0n) is 12.3. The van der Waals surface area contributed by atoms with Crippen molar-refractivity contribution in [2.45, 2.75) is 32.9 Å². The van der Waals surface area contributed by atoms with Gasteiger partial charge in [0.05, 0.1) is 0 Å². The van der Waals surface area contributed by atoms with Crippen LogP contribution in [0.25, 0.3) is 0 Å². The van der Waals surface area contributed by atoms with E-state index in [9.17, 15) is 0 Å². The summed E-state index contributed by atoms with van der Waals surface area (Å²) in [5.74, 6) is 0.626. The van der Waals surface area contributed by atoms with Crippen LogP contribution >= 0.6 is 0 Å². The number of benzene rings is 2. The van der Waals surface area contributed by atoms with Gasteiger partial charge in [-0.2, -0.15) is 0 Å². The van der Waals surface area contributed by atoms with Crippen molar-refractivity contribution >= 4 is 5.69 Å². The molecule has 0 heterocycles. The standard InChI is InChI=1S/C18H24N2/c1-14(2)12-18(19)16-8-10-17(11-9-16)20-13-15-6-4-3-5-7-15/h3-11,14,18,20H,12-13,19H2,1-2H3/t18-/m0/s1. The summed E-state index contributed by atoms with van der Waals surface area (Å²) in [5.41, 5.74) is 9.82. The van der Waals surface area contributed by atoms with Crippen LogP contribution in [0.15, 0.2) is 54.6 Å². The van der Waals surface area contributed by atoms with Crippen LogP contribution in [0.3, 0.4) is 0 Å². The number of rotatable bonds is 6. The Morgan fingerprint density at radius 1 is 0.950 bits per heavy atom. The van der Waals surface area contributed by atoms with Crippen LogP contribution < -0.4 is 11.1 Å². The summed E-state index contributed by atoms with van der Waals surface area (Å²) in [7, 11) is 0. The molecule has 0 aliphatic heterocycles. The molecule has 1 atom stereocenters. The van der Waals surface area contributed by atoms with Crippen molar-refractivity contribution in [1.29, 1.82) is 0 Å². The largest absolute Gasteiger partial charge is 0.381 e. The smallest absolute Gasteiger partial charge is 0.0400 e. The molecule has 106 valence electrons. The molecule has 2 heteroatoms. The normalized spacial score (nSPS) is 12.4. The van der Waals surface area contributed by atoms with Gasteiger partial charge in [-0.1, -0.05) is 56.3 Å². The fourth-order valence-corrected chi connectivity index (χ4v) is 2.29. The van der Waals surface area contributed by atoms with E-state index in [1.54, 1.807) is 0 Å². The second-order valence-corrected chi connectivity index (χ2v) is 5.70. The fraction of sp³-hybridized carbons (Fsp3) is 0.333. The van der Waals surface area contributed by atoms with E-state index in [0.29, 0.717) is 5.92 Å². The van der Waals surface area contributed by atoms with Gasteiger partial charge in [-0.25, -0.2) is 0 Å². The van der Waals surface area contributed by atoms with Gasteiger partial charge in [0, 0.05) is 18.3 Å². The Morgan fingerprint density at radius 2 is 1.60 bits per heavy atom.